The van der Waals surface area contributed by atoms with Crippen LogP contribution in [-0.4, -0.2) is 40.6 Å². The third-order valence-corrected chi connectivity index (χ3v) is 6.69. The number of aromatic nitrogens is 2. The predicted molar refractivity (Wildman–Crippen MR) is 136 cm³/mol. The highest BCUT2D eigenvalue weighted by Gasteiger charge is 2.23. The number of aryl methyl sites for hydroxylation is 1. The molecule has 0 atom stereocenters. The third kappa shape index (κ3) is 5.00. The highest BCUT2D eigenvalue weighted by atomic mass is 16.1. The van der Waals surface area contributed by atoms with Crippen LogP contribution in [-0.2, 0) is 6.54 Å². The van der Waals surface area contributed by atoms with Crippen LogP contribution < -0.4 is 5.32 Å². The molecule has 172 valence electrons. The first-order chi connectivity index (χ1) is 16.7. The number of fused-ring (bicyclic) bond motifs is 1. The number of benzene rings is 3. The van der Waals surface area contributed by atoms with Gasteiger partial charge in [0.25, 0.3) is 5.91 Å². The maximum Gasteiger partial charge on any atom is 0.254 e. The molecule has 1 amide bonds. The molecule has 4 aromatic rings. The summed E-state index contributed by atoms with van der Waals surface area (Å²) in [6, 6.07) is 26.3. The van der Waals surface area contributed by atoms with Gasteiger partial charge < -0.3 is 5.32 Å². The summed E-state index contributed by atoms with van der Waals surface area (Å²) in [7, 11) is 0. The maximum absolute atomic E-state index is 13.4. The van der Waals surface area contributed by atoms with Gasteiger partial charge >= 0.3 is 0 Å². The molecule has 1 aromatic heterocycles. The van der Waals surface area contributed by atoms with Crippen LogP contribution in [0.2, 0.25) is 0 Å². The number of nitrogens with zero attached hydrogens (tertiary/aromatic N) is 3. The Morgan fingerprint density at radius 1 is 0.941 bits per heavy atom. The van der Waals surface area contributed by atoms with E-state index in [4.69, 9.17) is 0 Å². The molecule has 1 aliphatic heterocycles. The lowest BCUT2D eigenvalue weighted by molar-refractivity contribution is 0.0937. The highest BCUT2D eigenvalue weighted by Crippen LogP contribution is 2.27. The van der Waals surface area contributed by atoms with Crippen LogP contribution in [0.3, 0.4) is 0 Å². The second-order valence-electron chi connectivity index (χ2n) is 9.23. The van der Waals surface area contributed by atoms with Gasteiger partial charge in [-0.2, -0.15) is 0 Å². The minimum atomic E-state index is -0.0767. The van der Waals surface area contributed by atoms with Crippen molar-refractivity contribution in [3.8, 4) is 11.3 Å². The molecule has 5 heteroatoms. The van der Waals surface area contributed by atoms with Crippen LogP contribution in [0, 0.1) is 12.8 Å². The smallest absolute Gasteiger partial charge is 0.254 e. The van der Waals surface area contributed by atoms with Gasteiger partial charge in [-0.25, -0.2) is 0 Å². The van der Waals surface area contributed by atoms with Gasteiger partial charge in [-0.3, -0.25) is 9.69 Å². The largest absolute Gasteiger partial charge is 0.352 e. The highest BCUT2D eigenvalue weighted by molar-refractivity contribution is 6.10. The zero-order valence-electron chi connectivity index (χ0n) is 19.6. The topological polar surface area (TPSA) is 58.1 Å². The van der Waals surface area contributed by atoms with Crippen LogP contribution in [0.1, 0.15) is 34.3 Å². The first kappa shape index (κ1) is 22.2. The van der Waals surface area contributed by atoms with Crippen LogP contribution >= 0.6 is 0 Å². The minimum absolute atomic E-state index is 0.0767. The van der Waals surface area contributed by atoms with Gasteiger partial charge in [-0.1, -0.05) is 78.4 Å². The lowest BCUT2D eigenvalue weighted by Gasteiger charge is -2.32. The van der Waals surface area contributed by atoms with Gasteiger partial charge in [-0.05, 0) is 50.4 Å². The molecule has 1 N–H and O–H groups in total. The Labute approximate surface area is 200 Å². The summed E-state index contributed by atoms with van der Waals surface area (Å²) in [5.74, 6) is 0.408. The van der Waals surface area contributed by atoms with Crippen molar-refractivity contribution in [2.75, 3.05) is 19.6 Å². The lowest BCUT2D eigenvalue weighted by Crippen LogP contribution is -2.38. The molecule has 0 aliphatic carbocycles. The fraction of sp³-hybridized carbons (Fsp3) is 0.276. The molecule has 1 fully saturated rings. The summed E-state index contributed by atoms with van der Waals surface area (Å²) in [5.41, 5.74) is 5.55. The van der Waals surface area contributed by atoms with Gasteiger partial charge in [0.15, 0.2) is 0 Å². The Kier molecular flexibility index (Phi) is 6.63. The maximum atomic E-state index is 13.4. The van der Waals surface area contributed by atoms with Crippen LogP contribution in [0.15, 0.2) is 78.9 Å². The van der Waals surface area contributed by atoms with Crippen molar-refractivity contribution in [1.29, 1.82) is 0 Å². The minimum Gasteiger partial charge on any atom is -0.352 e. The average Bonchev–Trinajstić information content (AvgIpc) is 2.88. The standard InChI is InChI=1S/C29H30N4O/c1-21-8-7-9-23(18-21)20-33-16-14-22(15-17-33)19-30-29(34)27-25-12-5-6-13-26(25)31-32-28(27)24-10-3-2-4-11-24/h2-13,18,22H,14-17,19-20H2,1H3,(H,30,34). The zero-order valence-corrected chi connectivity index (χ0v) is 19.6. The van der Waals surface area contributed by atoms with Gasteiger partial charge in [0.2, 0.25) is 0 Å². The summed E-state index contributed by atoms with van der Waals surface area (Å²) in [5, 5.41) is 12.8. The molecule has 1 aliphatic rings. The lowest BCUT2D eigenvalue weighted by atomic mass is 9.95. The predicted octanol–water partition coefficient (Wildman–Crippen LogP) is 5.25. The normalized spacial score (nSPS) is 14.9. The van der Waals surface area contributed by atoms with Gasteiger partial charge in [0, 0.05) is 24.0 Å². The number of carbonyl (C=O) groups is 1. The van der Waals surface area contributed by atoms with E-state index in [0.29, 0.717) is 23.7 Å². The molecular formula is C29H30N4O. The Balaban J connectivity index is 1.26. The zero-order chi connectivity index (χ0) is 23.3. The number of amides is 1. The molecule has 0 spiro atoms. The van der Waals surface area contributed by atoms with Crippen LogP contribution in [0.4, 0.5) is 0 Å². The number of nitrogens with one attached hydrogen (secondary N) is 1. The molecule has 1 saturated heterocycles. The van der Waals surface area contributed by atoms with E-state index in [-0.39, 0.29) is 5.91 Å². The summed E-state index contributed by atoms with van der Waals surface area (Å²) < 4.78 is 0. The van der Waals surface area contributed by atoms with E-state index in [1.807, 2.05) is 54.6 Å². The monoisotopic (exact) mass is 450 g/mol. The quantitative estimate of drug-likeness (QED) is 0.436. The van der Waals surface area contributed by atoms with E-state index < -0.39 is 0 Å². The first-order valence-corrected chi connectivity index (χ1v) is 12.0. The van der Waals surface area contributed by atoms with Gasteiger partial charge in [0.1, 0.15) is 5.69 Å². The molecule has 3 aromatic carbocycles. The van der Waals surface area contributed by atoms with E-state index >= 15 is 0 Å². The Hall–Kier alpha value is -3.57. The van der Waals surface area contributed by atoms with Crippen molar-refractivity contribution < 1.29 is 4.79 Å². The van der Waals surface area contributed by atoms with E-state index in [0.717, 1.165) is 48.9 Å². The van der Waals surface area contributed by atoms with Gasteiger partial charge in [-0.15, -0.1) is 10.2 Å². The molecule has 0 bridgehead atoms. The average molecular weight is 451 g/mol. The summed E-state index contributed by atoms with van der Waals surface area (Å²) in [4.78, 5) is 16.0. The number of rotatable bonds is 6. The Bertz CT molecular complexity index is 1280. The molecule has 5 rings (SSSR count). The second-order valence-corrected chi connectivity index (χ2v) is 9.23. The Morgan fingerprint density at radius 3 is 2.50 bits per heavy atom. The van der Waals surface area contributed by atoms with Crippen molar-refractivity contribution in [2.24, 2.45) is 5.92 Å². The molecule has 0 saturated carbocycles. The van der Waals surface area contributed by atoms with Gasteiger partial charge in [0.05, 0.1) is 11.1 Å². The van der Waals surface area contributed by atoms with E-state index in [9.17, 15) is 4.79 Å². The summed E-state index contributed by atoms with van der Waals surface area (Å²) in [6.45, 7) is 5.94. The van der Waals surface area contributed by atoms with E-state index in [1.54, 1.807) is 0 Å². The molecule has 2 heterocycles. The van der Waals surface area contributed by atoms with Crippen molar-refractivity contribution in [2.45, 2.75) is 26.3 Å². The molecule has 34 heavy (non-hydrogen) atoms. The first-order valence-electron chi connectivity index (χ1n) is 12.0. The second kappa shape index (κ2) is 10.1. The van der Waals surface area contributed by atoms with E-state index in [1.165, 1.54) is 11.1 Å². The summed E-state index contributed by atoms with van der Waals surface area (Å²) >= 11 is 0. The van der Waals surface area contributed by atoms with Crippen molar-refractivity contribution in [3.63, 3.8) is 0 Å². The van der Waals surface area contributed by atoms with Crippen molar-refractivity contribution in [1.82, 2.24) is 20.4 Å². The number of likely N-dealkylation sites (tertiary alicyclic amines) is 1. The molecule has 0 radical (unpaired) electrons. The van der Waals surface area contributed by atoms with Crippen LogP contribution in [0.5, 0.6) is 0 Å². The number of hydrogen-bond donors (Lipinski definition) is 1. The molecule has 0 unspecified atom stereocenters. The SMILES string of the molecule is Cc1cccc(CN2CCC(CNC(=O)c3c(-c4ccccc4)nnc4ccccc34)CC2)c1. The number of carbonyl (C=O) groups excluding carboxylic acids is 1. The van der Waals surface area contributed by atoms with Crippen LogP contribution in [0.25, 0.3) is 22.2 Å². The Morgan fingerprint density at radius 2 is 1.71 bits per heavy atom. The number of hydrogen-bond acceptors (Lipinski definition) is 4. The fourth-order valence-electron chi connectivity index (χ4n) is 4.82. The van der Waals surface area contributed by atoms with Crippen molar-refractivity contribution >= 4 is 16.8 Å². The third-order valence-electron chi connectivity index (χ3n) is 6.69. The number of piperidine rings is 1. The molecule has 5 nitrogen and oxygen atoms in total. The molecular weight excluding hydrogens is 420 g/mol. The summed E-state index contributed by atoms with van der Waals surface area (Å²) in [6.07, 6.45) is 2.18. The fourth-order valence-corrected chi connectivity index (χ4v) is 4.82. The van der Waals surface area contributed by atoms with E-state index in [2.05, 4.69) is 51.6 Å². The van der Waals surface area contributed by atoms with Crippen molar-refractivity contribution in [3.05, 3.63) is 95.6 Å².